The van der Waals surface area contributed by atoms with Gasteiger partial charge < -0.3 is 9.08 Å². The molecule has 2 aliphatic rings. The lowest BCUT2D eigenvalue weighted by Gasteiger charge is -2.18. The van der Waals surface area contributed by atoms with Gasteiger partial charge in [-0.1, -0.05) is 48.0 Å². The zero-order valence-corrected chi connectivity index (χ0v) is 21.7. The number of thioether (sulfide) groups is 1. The maximum absolute atomic E-state index is 13.1. The number of benzene rings is 3. The molecular formula is C27H24N2O6S2. The number of nitrogens with zero attached hydrogens (tertiary/aromatic N) is 2. The molecule has 2 fully saturated rings. The van der Waals surface area contributed by atoms with Gasteiger partial charge in [-0.25, -0.2) is 0 Å². The average molecular weight is 537 g/mol. The maximum atomic E-state index is 13.1. The molecular weight excluding hydrogens is 512 g/mol. The van der Waals surface area contributed by atoms with Gasteiger partial charge in [0.05, 0.1) is 4.91 Å². The van der Waals surface area contributed by atoms with E-state index in [2.05, 4.69) is 0 Å². The fourth-order valence-electron chi connectivity index (χ4n) is 4.34. The third kappa shape index (κ3) is 5.12. The Hall–Kier alpha value is -3.63. The zero-order valence-electron chi connectivity index (χ0n) is 20.0. The summed E-state index contributed by atoms with van der Waals surface area (Å²) in [6.07, 6.45) is 3.28. The number of imide groups is 1. The van der Waals surface area contributed by atoms with Gasteiger partial charge in [-0.15, -0.1) is 0 Å². The Morgan fingerprint density at radius 2 is 1.70 bits per heavy atom. The van der Waals surface area contributed by atoms with Gasteiger partial charge in [0.1, 0.15) is 11.4 Å². The molecule has 0 saturated carbocycles. The van der Waals surface area contributed by atoms with Crippen molar-refractivity contribution in [3.63, 3.8) is 0 Å². The molecule has 2 aliphatic heterocycles. The number of likely N-dealkylation sites (tertiary alicyclic amines) is 1. The first kappa shape index (κ1) is 25.0. The van der Waals surface area contributed by atoms with E-state index < -0.39 is 21.3 Å². The standard InChI is InChI=1S/C27H24N2O6S2/c1-18-8-11-20(12-9-18)37(33,34)35-23-13-10-19-6-2-3-7-21(19)22(23)16-24-26(31)29(27(32)36-24)17-25(30)28-14-4-5-15-28/h2-3,6-13,16H,4-5,14-15,17H2,1H3/b24-16-. The summed E-state index contributed by atoms with van der Waals surface area (Å²) in [4.78, 5) is 41.0. The first-order chi connectivity index (χ1) is 17.7. The second-order valence-corrected chi connectivity index (χ2v) is 11.4. The minimum absolute atomic E-state index is 0.00189. The molecule has 5 rings (SSSR count). The maximum Gasteiger partial charge on any atom is 0.339 e. The van der Waals surface area contributed by atoms with E-state index in [1.807, 2.05) is 19.1 Å². The first-order valence-corrected chi connectivity index (χ1v) is 14.0. The van der Waals surface area contributed by atoms with E-state index in [0.29, 0.717) is 24.0 Å². The van der Waals surface area contributed by atoms with Crippen LogP contribution in [0.4, 0.5) is 4.79 Å². The molecule has 0 radical (unpaired) electrons. The normalized spacial score (nSPS) is 17.3. The lowest BCUT2D eigenvalue weighted by Crippen LogP contribution is -2.40. The fraction of sp³-hybridized carbons (Fsp3) is 0.222. The van der Waals surface area contributed by atoms with Crippen molar-refractivity contribution >= 4 is 55.8 Å². The predicted octanol–water partition coefficient (Wildman–Crippen LogP) is 4.57. The second-order valence-electron chi connectivity index (χ2n) is 8.90. The van der Waals surface area contributed by atoms with Crippen molar-refractivity contribution in [2.45, 2.75) is 24.7 Å². The summed E-state index contributed by atoms with van der Waals surface area (Å²) in [5.74, 6) is -0.832. The van der Waals surface area contributed by atoms with Crippen LogP contribution in [0.1, 0.15) is 24.0 Å². The smallest absolute Gasteiger partial charge is 0.339 e. The Morgan fingerprint density at radius 1 is 1.00 bits per heavy atom. The van der Waals surface area contributed by atoms with Crippen molar-refractivity contribution < 1.29 is 27.0 Å². The van der Waals surface area contributed by atoms with E-state index in [-0.39, 0.29) is 28.0 Å². The molecule has 8 nitrogen and oxygen atoms in total. The van der Waals surface area contributed by atoms with Gasteiger partial charge in [0, 0.05) is 18.7 Å². The molecule has 0 aliphatic carbocycles. The number of fused-ring (bicyclic) bond motifs is 1. The average Bonchev–Trinajstić information content (AvgIpc) is 3.50. The quantitative estimate of drug-likeness (QED) is 0.336. The van der Waals surface area contributed by atoms with Crippen molar-refractivity contribution in [1.29, 1.82) is 0 Å². The molecule has 0 N–H and O–H groups in total. The van der Waals surface area contributed by atoms with Gasteiger partial charge in [0.25, 0.3) is 11.1 Å². The van der Waals surface area contributed by atoms with Crippen LogP contribution in [0.25, 0.3) is 16.8 Å². The molecule has 3 amide bonds. The first-order valence-electron chi connectivity index (χ1n) is 11.8. The van der Waals surface area contributed by atoms with Gasteiger partial charge in [-0.05, 0) is 66.6 Å². The van der Waals surface area contributed by atoms with Crippen LogP contribution in [0.2, 0.25) is 0 Å². The van der Waals surface area contributed by atoms with E-state index in [9.17, 15) is 22.8 Å². The summed E-state index contributed by atoms with van der Waals surface area (Å²) >= 11 is 0.717. The number of carbonyl (C=O) groups excluding carboxylic acids is 3. The molecule has 37 heavy (non-hydrogen) atoms. The summed E-state index contributed by atoms with van der Waals surface area (Å²) in [7, 11) is -4.16. The summed E-state index contributed by atoms with van der Waals surface area (Å²) in [5, 5.41) is 0.912. The molecule has 10 heteroatoms. The van der Waals surface area contributed by atoms with Crippen LogP contribution in [0, 0.1) is 6.92 Å². The molecule has 190 valence electrons. The van der Waals surface area contributed by atoms with Crippen molar-refractivity contribution in [1.82, 2.24) is 9.80 Å². The largest absolute Gasteiger partial charge is 0.378 e. The Kier molecular flexibility index (Phi) is 6.78. The summed E-state index contributed by atoms with van der Waals surface area (Å²) in [6.45, 7) is 2.78. The Labute approximate surface area is 219 Å². The van der Waals surface area contributed by atoms with Crippen LogP contribution in [0.15, 0.2) is 70.5 Å². The molecule has 3 aromatic rings. The highest BCUT2D eigenvalue weighted by Crippen LogP contribution is 2.37. The minimum Gasteiger partial charge on any atom is -0.378 e. The fourth-order valence-corrected chi connectivity index (χ4v) is 6.10. The van der Waals surface area contributed by atoms with Crippen molar-refractivity contribution in [2.24, 2.45) is 0 Å². The monoisotopic (exact) mass is 536 g/mol. The van der Waals surface area contributed by atoms with Gasteiger partial charge in [0.2, 0.25) is 5.91 Å². The number of hydrogen-bond donors (Lipinski definition) is 0. The van der Waals surface area contributed by atoms with E-state index in [4.69, 9.17) is 4.18 Å². The third-order valence-corrected chi connectivity index (χ3v) is 8.50. The minimum atomic E-state index is -4.16. The highest BCUT2D eigenvalue weighted by Gasteiger charge is 2.37. The van der Waals surface area contributed by atoms with Crippen molar-refractivity contribution in [3.05, 3.63) is 76.7 Å². The summed E-state index contributed by atoms with van der Waals surface area (Å²) in [5.41, 5.74) is 1.26. The lowest BCUT2D eigenvalue weighted by molar-refractivity contribution is -0.135. The van der Waals surface area contributed by atoms with Crippen LogP contribution in [0.3, 0.4) is 0 Å². The Bertz CT molecular complexity index is 1540. The molecule has 2 saturated heterocycles. The summed E-state index contributed by atoms with van der Waals surface area (Å²) < 4.78 is 31.6. The number of amides is 3. The van der Waals surface area contributed by atoms with Crippen LogP contribution < -0.4 is 4.18 Å². The molecule has 0 aromatic heterocycles. The summed E-state index contributed by atoms with van der Waals surface area (Å²) in [6, 6.07) is 16.8. The van der Waals surface area contributed by atoms with Crippen molar-refractivity contribution in [2.75, 3.05) is 19.6 Å². The number of hydrogen-bond acceptors (Lipinski definition) is 7. The number of rotatable bonds is 6. The topological polar surface area (TPSA) is 101 Å². The Balaban J connectivity index is 1.50. The zero-order chi connectivity index (χ0) is 26.2. The molecule has 2 heterocycles. The molecule has 0 atom stereocenters. The van der Waals surface area contributed by atoms with Gasteiger partial charge in [-0.3, -0.25) is 19.3 Å². The van der Waals surface area contributed by atoms with Crippen molar-refractivity contribution in [3.8, 4) is 5.75 Å². The van der Waals surface area contributed by atoms with Crippen LogP contribution in [-0.4, -0.2) is 54.9 Å². The van der Waals surface area contributed by atoms with E-state index >= 15 is 0 Å². The van der Waals surface area contributed by atoms with Crippen LogP contribution >= 0.6 is 11.8 Å². The van der Waals surface area contributed by atoms with Crippen LogP contribution in [0.5, 0.6) is 5.75 Å². The van der Waals surface area contributed by atoms with Crippen LogP contribution in [-0.2, 0) is 19.7 Å². The van der Waals surface area contributed by atoms with Gasteiger partial charge in [0.15, 0.2) is 5.75 Å². The van der Waals surface area contributed by atoms with Gasteiger partial charge >= 0.3 is 10.1 Å². The predicted molar refractivity (Wildman–Crippen MR) is 141 cm³/mol. The van der Waals surface area contributed by atoms with E-state index in [0.717, 1.165) is 40.5 Å². The molecule has 3 aromatic carbocycles. The van der Waals surface area contributed by atoms with E-state index in [1.54, 1.807) is 35.2 Å². The highest BCUT2D eigenvalue weighted by molar-refractivity contribution is 8.18. The van der Waals surface area contributed by atoms with E-state index in [1.165, 1.54) is 24.3 Å². The second kappa shape index (κ2) is 10.0. The molecule has 0 bridgehead atoms. The number of carbonyl (C=O) groups is 3. The number of aryl methyl sites for hydroxylation is 1. The van der Waals surface area contributed by atoms with Gasteiger partial charge in [-0.2, -0.15) is 8.42 Å². The third-order valence-electron chi connectivity index (χ3n) is 6.34. The Morgan fingerprint density at radius 3 is 2.43 bits per heavy atom. The SMILES string of the molecule is Cc1ccc(S(=O)(=O)Oc2ccc3ccccc3c2/C=C2\SC(=O)N(CC(=O)N3CCCC3)C2=O)cc1. The molecule has 0 unspecified atom stereocenters. The lowest BCUT2D eigenvalue weighted by atomic mass is 10.0. The highest BCUT2D eigenvalue weighted by atomic mass is 32.2. The molecule has 0 spiro atoms.